The number of hydrogen-bond acceptors (Lipinski definition) is 5. The highest BCUT2D eigenvalue weighted by atomic mass is 35.5. The Hall–Kier alpha value is -3.26. The topological polar surface area (TPSA) is 79.5 Å². The van der Waals surface area contributed by atoms with Crippen LogP contribution in [0.4, 0.5) is 10.1 Å². The van der Waals surface area contributed by atoms with Gasteiger partial charge in [-0.15, -0.1) is 10.2 Å². The van der Waals surface area contributed by atoms with Crippen molar-refractivity contribution in [1.82, 2.24) is 15.1 Å². The second-order valence-electron chi connectivity index (χ2n) is 8.06. The van der Waals surface area contributed by atoms with E-state index in [1.54, 1.807) is 47.4 Å². The van der Waals surface area contributed by atoms with Crippen LogP contribution >= 0.6 is 11.6 Å². The summed E-state index contributed by atoms with van der Waals surface area (Å²) >= 11 is 5.92. The van der Waals surface area contributed by atoms with Gasteiger partial charge in [-0.1, -0.05) is 23.7 Å². The molecule has 1 aliphatic carbocycles. The van der Waals surface area contributed by atoms with Gasteiger partial charge in [-0.3, -0.25) is 9.59 Å². The molecule has 32 heavy (non-hydrogen) atoms. The van der Waals surface area contributed by atoms with Gasteiger partial charge in [0, 0.05) is 29.6 Å². The third-order valence-corrected chi connectivity index (χ3v) is 6.00. The number of nitrogens with zero attached hydrogens (tertiary/aromatic N) is 4. The predicted molar refractivity (Wildman–Crippen MR) is 115 cm³/mol. The van der Waals surface area contributed by atoms with E-state index in [1.165, 1.54) is 11.0 Å². The Balaban J connectivity index is 1.31. The summed E-state index contributed by atoms with van der Waals surface area (Å²) in [6, 6.07) is 13.2. The van der Waals surface area contributed by atoms with Crippen molar-refractivity contribution in [2.75, 3.05) is 11.4 Å². The molecule has 1 saturated carbocycles. The zero-order valence-corrected chi connectivity index (χ0v) is 17.8. The van der Waals surface area contributed by atoms with Crippen LogP contribution in [0.15, 0.2) is 52.9 Å². The average molecular weight is 455 g/mol. The lowest BCUT2D eigenvalue weighted by molar-refractivity contribution is -0.137. The van der Waals surface area contributed by atoms with Gasteiger partial charge in [0.2, 0.25) is 23.6 Å². The molecule has 2 aliphatic rings. The average Bonchev–Trinajstić information content (AvgIpc) is 3.40. The maximum atomic E-state index is 14.2. The third kappa shape index (κ3) is 4.10. The molecule has 5 rings (SSSR count). The van der Waals surface area contributed by atoms with Gasteiger partial charge in [-0.05, 0) is 49.2 Å². The lowest BCUT2D eigenvalue weighted by Crippen LogP contribution is -2.38. The van der Waals surface area contributed by atoms with Crippen LogP contribution in [0.2, 0.25) is 5.02 Å². The highest BCUT2D eigenvalue weighted by Gasteiger charge is 2.42. The Labute approximate surface area is 188 Å². The van der Waals surface area contributed by atoms with E-state index < -0.39 is 11.7 Å². The maximum Gasteiger partial charge on any atom is 0.247 e. The third-order valence-electron chi connectivity index (χ3n) is 5.75. The molecule has 1 aliphatic heterocycles. The molecule has 0 N–H and O–H groups in total. The van der Waals surface area contributed by atoms with Gasteiger partial charge in [-0.25, -0.2) is 4.39 Å². The van der Waals surface area contributed by atoms with E-state index in [9.17, 15) is 14.0 Å². The van der Waals surface area contributed by atoms with Crippen LogP contribution in [0.5, 0.6) is 0 Å². The Bertz CT molecular complexity index is 1160. The largest absolute Gasteiger partial charge is 0.419 e. The van der Waals surface area contributed by atoms with Crippen LogP contribution in [0, 0.1) is 11.7 Å². The molecule has 3 aromatic rings. The maximum absolute atomic E-state index is 14.2. The van der Waals surface area contributed by atoms with Crippen molar-refractivity contribution in [1.29, 1.82) is 0 Å². The summed E-state index contributed by atoms with van der Waals surface area (Å²) in [5.41, 5.74) is 0.939. The molecule has 9 heteroatoms. The molecule has 0 bridgehead atoms. The molecule has 7 nitrogen and oxygen atoms in total. The van der Waals surface area contributed by atoms with Crippen molar-refractivity contribution in [3.8, 4) is 11.5 Å². The fourth-order valence-electron chi connectivity index (χ4n) is 3.96. The van der Waals surface area contributed by atoms with Crippen LogP contribution < -0.4 is 4.90 Å². The van der Waals surface area contributed by atoms with Gasteiger partial charge in [0.15, 0.2) is 0 Å². The van der Waals surface area contributed by atoms with Crippen molar-refractivity contribution < 1.29 is 18.4 Å². The Morgan fingerprint density at radius 1 is 1.16 bits per heavy atom. The molecule has 1 aromatic heterocycles. The first-order valence-electron chi connectivity index (χ1n) is 10.4. The summed E-state index contributed by atoms with van der Waals surface area (Å²) in [4.78, 5) is 28.9. The smallest absolute Gasteiger partial charge is 0.247 e. The lowest BCUT2D eigenvalue weighted by atomic mass is 10.1. The summed E-state index contributed by atoms with van der Waals surface area (Å²) < 4.78 is 19.9. The molecule has 2 heterocycles. The number of carbonyl (C=O) groups is 2. The number of rotatable bonds is 6. The van der Waals surface area contributed by atoms with E-state index in [2.05, 4.69) is 10.2 Å². The zero-order valence-electron chi connectivity index (χ0n) is 17.1. The molecule has 2 aromatic carbocycles. The zero-order chi connectivity index (χ0) is 22.2. The molecular weight excluding hydrogens is 435 g/mol. The molecular formula is C23H20ClFN4O3. The molecule has 0 radical (unpaired) electrons. The van der Waals surface area contributed by atoms with Crippen molar-refractivity contribution >= 4 is 29.1 Å². The fraction of sp³-hybridized carbons (Fsp3) is 0.304. The summed E-state index contributed by atoms with van der Waals surface area (Å²) in [5.74, 6) is -0.750. The van der Waals surface area contributed by atoms with Crippen LogP contribution in [-0.2, 0) is 16.1 Å². The van der Waals surface area contributed by atoms with Crippen molar-refractivity contribution in [3.05, 3.63) is 65.3 Å². The standard InChI is InChI=1S/C23H20ClFN4O3/c24-16-7-5-14(6-8-16)22-27-26-20(32-22)13-28(17-9-10-17)23(31)15-11-21(30)29(12-15)19-4-2-1-3-18(19)25/h1-8,15,17H,9-13H2. The first-order chi connectivity index (χ1) is 15.5. The minimum Gasteiger partial charge on any atom is -0.419 e. The number of para-hydroxylation sites is 1. The minimum atomic E-state index is -0.540. The van der Waals surface area contributed by atoms with E-state index in [-0.39, 0.29) is 43.1 Å². The van der Waals surface area contributed by atoms with Gasteiger partial charge in [0.1, 0.15) is 5.82 Å². The summed E-state index contributed by atoms with van der Waals surface area (Å²) in [7, 11) is 0. The van der Waals surface area contributed by atoms with E-state index >= 15 is 0 Å². The molecule has 2 amide bonds. The molecule has 1 saturated heterocycles. The SMILES string of the molecule is O=C1CC(C(=O)N(Cc2nnc(-c3ccc(Cl)cc3)o2)C2CC2)CN1c1ccccc1F. The normalized spacial score (nSPS) is 18.2. The number of benzene rings is 2. The minimum absolute atomic E-state index is 0.0518. The number of halogens is 2. The van der Waals surface area contributed by atoms with Gasteiger partial charge in [0.05, 0.1) is 18.2 Å². The second-order valence-corrected chi connectivity index (χ2v) is 8.50. The predicted octanol–water partition coefficient (Wildman–Crippen LogP) is 4.07. The fourth-order valence-corrected chi connectivity index (χ4v) is 4.08. The lowest BCUT2D eigenvalue weighted by Gasteiger charge is -2.24. The van der Waals surface area contributed by atoms with Crippen LogP contribution in [-0.4, -0.2) is 39.5 Å². The summed E-state index contributed by atoms with van der Waals surface area (Å²) in [6.45, 7) is 0.330. The van der Waals surface area contributed by atoms with Gasteiger partial charge < -0.3 is 14.2 Å². The Morgan fingerprint density at radius 2 is 1.91 bits per heavy atom. The number of aromatic nitrogens is 2. The van der Waals surface area contributed by atoms with Crippen molar-refractivity contribution in [3.63, 3.8) is 0 Å². The second kappa shape index (κ2) is 8.35. The molecule has 1 unspecified atom stereocenters. The van der Waals surface area contributed by atoms with E-state index in [0.717, 1.165) is 18.4 Å². The Morgan fingerprint density at radius 3 is 2.62 bits per heavy atom. The van der Waals surface area contributed by atoms with E-state index in [1.807, 2.05) is 0 Å². The molecule has 1 atom stereocenters. The van der Waals surface area contributed by atoms with Gasteiger partial charge in [0.25, 0.3) is 0 Å². The first kappa shape index (κ1) is 20.6. The number of hydrogen-bond donors (Lipinski definition) is 0. The van der Waals surface area contributed by atoms with Crippen LogP contribution in [0.25, 0.3) is 11.5 Å². The molecule has 164 valence electrons. The van der Waals surface area contributed by atoms with Gasteiger partial charge >= 0.3 is 0 Å². The van der Waals surface area contributed by atoms with Gasteiger partial charge in [-0.2, -0.15) is 0 Å². The molecule has 2 fully saturated rings. The Kier molecular flexibility index (Phi) is 5.38. The number of amides is 2. The molecule has 0 spiro atoms. The quantitative estimate of drug-likeness (QED) is 0.561. The van der Waals surface area contributed by atoms with Crippen molar-refractivity contribution in [2.24, 2.45) is 5.92 Å². The van der Waals surface area contributed by atoms with E-state index in [4.69, 9.17) is 16.0 Å². The monoisotopic (exact) mass is 454 g/mol. The van der Waals surface area contributed by atoms with Crippen LogP contribution in [0.1, 0.15) is 25.2 Å². The number of anilines is 1. The van der Waals surface area contributed by atoms with Crippen LogP contribution in [0.3, 0.4) is 0 Å². The summed E-state index contributed by atoms with van der Waals surface area (Å²) in [6.07, 6.45) is 1.83. The van der Waals surface area contributed by atoms with E-state index in [0.29, 0.717) is 16.8 Å². The van der Waals surface area contributed by atoms with Crippen molar-refractivity contribution in [2.45, 2.75) is 31.8 Å². The highest BCUT2D eigenvalue weighted by molar-refractivity contribution is 6.30. The first-order valence-corrected chi connectivity index (χ1v) is 10.8. The summed E-state index contributed by atoms with van der Waals surface area (Å²) in [5, 5.41) is 8.78. The number of carbonyl (C=O) groups excluding carboxylic acids is 2. The highest BCUT2D eigenvalue weighted by Crippen LogP contribution is 2.34.